The van der Waals surface area contributed by atoms with Crippen LogP contribution < -0.4 is 5.32 Å². The molecule has 3 amide bonds. The Morgan fingerprint density at radius 1 is 1.45 bits per heavy atom. The van der Waals surface area contributed by atoms with Crippen LogP contribution in [0.4, 0.5) is 4.79 Å². The van der Waals surface area contributed by atoms with Crippen molar-refractivity contribution in [3.05, 3.63) is 0 Å². The number of piperazine rings is 1. The second-order valence-electron chi connectivity index (χ2n) is 5.73. The third kappa shape index (κ3) is 2.44. The molecule has 0 spiro atoms. The summed E-state index contributed by atoms with van der Waals surface area (Å²) in [4.78, 5) is 38.6. The van der Waals surface area contributed by atoms with Crippen LogP contribution in [0.1, 0.15) is 26.7 Å². The van der Waals surface area contributed by atoms with Gasteiger partial charge in [-0.05, 0) is 19.8 Å². The number of carbonyl (C=O) groups excluding carboxylic acids is 2. The van der Waals surface area contributed by atoms with Gasteiger partial charge in [-0.3, -0.25) is 9.59 Å². The smallest absolute Gasteiger partial charge is 0.320 e. The number of carbonyl (C=O) groups is 3. The number of nitrogens with one attached hydrogen (secondary N) is 1. The first-order valence-electron chi connectivity index (χ1n) is 6.95. The lowest BCUT2D eigenvalue weighted by atomic mass is 9.90. The first kappa shape index (κ1) is 14.6. The molecule has 2 aliphatic rings. The molecule has 2 atom stereocenters. The van der Waals surface area contributed by atoms with Crippen LogP contribution in [0.15, 0.2) is 0 Å². The highest BCUT2D eigenvalue weighted by Gasteiger charge is 2.44. The molecule has 0 radical (unpaired) electrons. The fourth-order valence-corrected chi connectivity index (χ4v) is 2.83. The molecular formula is C13H21N3O4. The van der Waals surface area contributed by atoms with E-state index in [1.165, 1.54) is 0 Å². The molecule has 2 heterocycles. The van der Waals surface area contributed by atoms with E-state index in [2.05, 4.69) is 5.32 Å². The molecule has 0 aliphatic carbocycles. The molecular weight excluding hydrogens is 262 g/mol. The van der Waals surface area contributed by atoms with Gasteiger partial charge in [0.1, 0.15) is 6.04 Å². The van der Waals surface area contributed by atoms with Crippen LogP contribution in [-0.4, -0.2) is 65.0 Å². The molecule has 2 N–H and O–H groups in total. The van der Waals surface area contributed by atoms with Gasteiger partial charge in [-0.2, -0.15) is 0 Å². The molecule has 0 aromatic carbocycles. The predicted octanol–water partition coefficient (Wildman–Crippen LogP) is 0.113. The normalized spacial score (nSPS) is 30.3. The van der Waals surface area contributed by atoms with Gasteiger partial charge in [-0.25, -0.2) is 4.79 Å². The predicted molar refractivity (Wildman–Crippen MR) is 71.1 cm³/mol. The second-order valence-corrected chi connectivity index (χ2v) is 5.73. The number of hydrogen-bond acceptors (Lipinski definition) is 3. The van der Waals surface area contributed by atoms with Crippen molar-refractivity contribution in [2.24, 2.45) is 5.41 Å². The molecule has 2 fully saturated rings. The Bertz CT molecular complexity index is 439. The first-order valence-corrected chi connectivity index (χ1v) is 6.95. The Morgan fingerprint density at radius 3 is 2.70 bits per heavy atom. The zero-order chi connectivity index (χ0) is 14.9. The molecule has 7 heteroatoms. The molecule has 2 rings (SSSR count). The Kier molecular flexibility index (Phi) is 3.87. The van der Waals surface area contributed by atoms with E-state index in [1.807, 2.05) is 6.92 Å². The zero-order valence-electron chi connectivity index (χ0n) is 11.9. The van der Waals surface area contributed by atoms with Crippen molar-refractivity contribution in [2.75, 3.05) is 26.2 Å². The molecule has 2 unspecified atom stereocenters. The number of urea groups is 1. The van der Waals surface area contributed by atoms with Gasteiger partial charge in [0.25, 0.3) is 0 Å². The molecule has 112 valence electrons. The topological polar surface area (TPSA) is 90.0 Å². The summed E-state index contributed by atoms with van der Waals surface area (Å²) in [7, 11) is 0. The molecule has 0 saturated carbocycles. The third-order valence-corrected chi connectivity index (χ3v) is 4.22. The van der Waals surface area contributed by atoms with E-state index in [1.54, 1.807) is 16.7 Å². The van der Waals surface area contributed by atoms with Crippen molar-refractivity contribution in [1.29, 1.82) is 0 Å². The Balaban J connectivity index is 2.08. The van der Waals surface area contributed by atoms with Gasteiger partial charge in [-0.1, -0.05) is 6.92 Å². The van der Waals surface area contributed by atoms with Gasteiger partial charge in [0.15, 0.2) is 0 Å². The highest BCUT2D eigenvalue weighted by Crippen LogP contribution is 2.31. The van der Waals surface area contributed by atoms with Crippen molar-refractivity contribution < 1.29 is 19.5 Å². The van der Waals surface area contributed by atoms with Crippen molar-refractivity contribution in [3.63, 3.8) is 0 Å². The monoisotopic (exact) mass is 283 g/mol. The lowest BCUT2D eigenvalue weighted by Crippen LogP contribution is -2.59. The maximum Gasteiger partial charge on any atom is 0.320 e. The van der Waals surface area contributed by atoms with Crippen molar-refractivity contribution in [2.45, 2.75) is 32.7 Å². The van der Waals surface area contributed by atoms with E-state index < -0.39 is 17.4 Å². The molecule has 20 heavy (non-hydrogen) atoms. The highest BCUT2D eigenvalue weighted by molar-refractivity contribution is 5.88. The molecule has 0 bridgehead atoms. The minimum absolute atomic E-state index is 0.132. The lowest BCUT2D eigenvalue weighted by Gasteiger charge is -2.37. The average Bonchev–Trinajstić information content (AvgIpc) is 2.82. The zero-order valence-corrected chi connectivity index (χ0v) is 11.9. The Labute approximate surface area is 117 Å². The number of carboxylic acid groups (broad SMARTS) is 1. The van der Waals surface area contributed by atoms with E-state index in [0.29, 0.717) is 32.5 Å². The van der Waals surface area contributed by atoms with Crippen molar-refractivity contribution >= 4 is 17.9 Å². The Morgan fingerprint density at radius 2 is 2.15 bits per heavy atom. The van der Waals surface area contributed by atoms with Gasteiger partial charge >= 0.3 is 12.0 Å². The van der Waals surface area contributed by atoms with E-state index in [9.17, 15) is 19.5 Å². The van der Waals surface area contributed by atoms with E-state index >= 15 is 0 Å². The molecule has 0 aromatic rings. The molecule has 2 aliphatic heterocycles. The number of aliphatic carboxylic acids is 1. The third-order valence-electron chi connectivity index (χ3n) is 4.22. The van der Waals surface area contributed by atoms with Crippen LogP contribution in [0.25, 0.3) is 0 Å². The van der Waals surface area contributed by atoms with Crippen LogP contribution in [0, 0.1) is 5.41 Å². The fraction of sp³-hybridized carbons (Fsp3) is 0.769. The maximum atomic E-state index is 12.5. The minimum atomic E-state index is -0.880. The quantitative estimate of drug-likeness (QED) is 0.753. The summed E-state index contributed by atoms with van der Waals surface area (Å²) in [5, 5.41) is 12.0. The summed E-state index contributed by atoms with van der Waals surface area (Å²) in [6.07, 6.45) is 1.01. The standard InChI is InChI=1S/C13H21N3O4/c1-3-9-10(17)14-5-7-16(9)12(20)15-6-4-13(2,8-15)11(18)19/h9H,3-8H2,1-2H3,(H,14,17)(H,18,19). The molecule has 7 nitrogen and oxygen atoms in total. The maximum absolute atomic E-state index is 12.5. The van der Waals surface area contributed by atoms with Gasteiger partial charge in [0.2, 0.25) is 5.91 Å². The van der Waals surface area contributed by atoms with E-state index in [-0.39, 0.29) is 18.5 Å². The number of carboxylic acids is 1. The minimum Gasteiger partial charge on any atom is -0.481 e. The van der Waals surface area contributed by atoms with Crippen molar-refractivity contribution in [3.8, 4) is 0 Å². The number of rotatable bonds is 2. The highest BCUT2D eigenvalue weighted by atomic mass is 16.4. The van der Waals surface area contributed by atoms with Crippen molar-refractivity contribution in [1.82, 2.24) is 15.1 Å². The summed E-state index contributed by atoms with van der Waals surface area (Å²) in [5.74, 6) is -1.01. The Hall–Kier alpha value is -1.79. The average molecular weight is 283 g/mol. The lowest BCUT2D eigenvalue weighted by molar-refractivity contribution is -0.147. The van der Waals surface area contributed by atoms with E-state index in [4.69, 9.17) is 0 Å². The van der Waals surface area contributed by atoms with Crippen LogP contribution in [0.2, 0.25) is 0 Å². The summed E-state index contributed by atoms with van der Waals surface area (Å²) < 4.78 is 0. The molecule has 2 saturated heterocycles. The van der Waals surface area contributed by atoms with E-state index in [0.717, 1.165) is 0 Å². The summed E-state index contributed by atoms with van der Waals surface area (Å²) in [6.45, 7) is 5.07. The number of hydrogen-bond donors (Lipinski definition) is 2. The van der Waals surface area contributed by atoms with Gasteiger partial charge in [0, 0.05) is 26.2 Å². The number of nitrogens with zero attached hydrogens (tertiary/aromatic N) is 2. The first-order chi connectivity index (χ1) is 9.39. The van der Waals surface area contributed by atoms with Crippen LogP contribution >= 0.6 is 0 Å². The largest absolute Gasteiger partial charge is 0.481 e. The summed E-state index contributed by atoms with van der Waals surface area (Å²) >= 11 is 0. The summed E-state index contributed by atoms with van der Waals surface area (Å²) in [6, 6.07) is -0.676. The van der Waals surface area contributed by atoms with Gasteiger partial charge in [0.05, 0.1) is 5.41 Å². The fourth-order valence-electron chi connectivity index (χ4n) is 2.83. The van der Waals surface area contributed by atoms with Crippen LogP contribution in [0.3, 0.4) is 0 Å². The molecule has 0 aromatic heterocycles. The van der Waals surface area contributed by atoms with Crippen LogP contribution in [-0.2, 0) is 9.59 Å². The summed E-state index contributed by atoms with van der Waals surface area (Å²) in [5.41, 5.74) is -0.880. The SMILES string of the molecule is CCC1C(=O)NCCN1C(=O)N1CCC(C)(C(=O)O)C1. The van der Waals surface area contributed by atoms with Gasteiger partial charge < -0.3 is 20.2 Å². The second kappa shape index (κ2) is 5.30. The number of amides is 3. The van der Waals surface area contributed by atoms with Gasteiger partial charge in [-0.15, -0.1) is 0 Å². The number of likely N-dealkylation sites (tertiary alicyclic amines) is 1. The van der Waals surface area contributed by atoms with Crippen LogP contribution in [0.5, 0.6) is 0 Å².